The minimum atomic E-state index is 0.105. The third-order valence-electron chi connectivity index (χ3n) is 3.91. The highest BCUT2D eigenvalue weighted by molar-refractivity contribution is 9.10. The van der Waals surface area contributed by atoms with E-state index in [1.807, 2.05) is 12.1 Å². The van der Waals surface area contributed by atoms with Crippen molar-refractivity contribution in [2.75, 3.05) is 31.1 Å². The Hall–Kier alpha value is -0.580. The summed E-state index contributed by atoms with van der Waals surface area (Å²) in [5, 5.41) is 9.12. The average molecular weight is 311 g/mol. The first-order chi connectivity index (χ1) is 8.78. The number of hydrogen-bond acceptors (Lipinski definition) is 3. The van der Waals surface area contributed by atoms with Crippen molar-refractivity contribution in [1.29, 1.82) is 0 Å². The molecule has 0 aromatic heterocycles. The second-order valence-corrected chi connectivity index (χ2v) is 6.05. The lowest BCUT2D eigenvalue weighted by Gasteiger charge is -2.36. The van der Waals surface area contributed by atoms with Crippen molar-refractivity contribution in [2.24, 2.45) is 0 Å². The Morgan fingerprint density at radius 1 is 1.17 bits per heavy atom. The van der Waals surface area contributed by atoms with E-state index in [1.165, 1.54) is 31.6 Å². The minimum Gasteiger partial charge on any atom is -0.392 e. The van der Waals surface area contributed by atoms with Gasteiger partial charge in [0.25, 0.3) is 0 Å². The third-order valence-corrected chi connectivity index (χ3v) is 4.55. The van der Waals surface area contributed by atoms with Gasteiger partial charge in [-0.05, 0) is 46.5 Å². The van der Waals surface area contributed by atoms with Gasteiger partial charge in [0.05, 0.1) is 12.3 Å². The van der Waals surface area contributed by atoms with Crippen molar-refractivity contribution in [1.82, 2.24) is 4.90 Å². The zero-order valence-electron chi connectivity index (χ0n) is 10.5. The third kappa shape index (κ3) is 2.56. The molecule has 18 heavy (non-hydrogen) atoms. The summed E-state index contributed by atoms with van der Waals surface area (Å²) in [5.41, 5.74) is 2.21. The molecule has 1 N–H and O–H groups in total. The summed E-state index contributed by atoms with van der Waals surface area (Å²) in [6.07, 6.45) is 2.80. The van der Waals surface area contributed by atoms with Crippen LogP contribution < -0.4 is 4.90 Å². The second kappa shape index (κ2) is 5.19. The van der Waals surface area contributed by atoms with Crippen LogP contribution in [0.15, 0.2) is 22.7 Å². The molecule has 0 amide bonds. The lowest BCUT2D eigenvalue weighted by Crippen LogP contribution is -2.47. The van der Waals surface area contributed by atoms with E-state index in [0.717, 1.165) is 29.2 Å². The second-order valence-electron chi connectivity index (χ2n) is 5.20. The summed E-state index contributed by atoms with van der Waals surface area (Å²) in [5.74, 6) is 0. The van der Waals surface area contributed by atoms with Gasteiger partial charge in [-0.2, -0.15) is 0 Å². The molecule has 98 valence electrons. The van der Waals surface area contributed by atoms with Crippen LogP contribution in [0.5, 0.6) is 0 Å². The van der Waals surface area contributed by atoms with Crippen LogP contribution in [0.1, 0.15) is 18.4 Å². The van der Waals surface area contributed by atoms with Gasteiger partial charge in [-0.1, -0.05) is 6.07 Å². The summed E-state index contributed by atoms with van der Waals surface area (Å²) < 4.78 is 1.09. The minimum absolute atomic E-state index is 0.105. The SMILES string of the molecule is OCc1ccc(N2CCN(C3CC3)CC2)c(Br)c1. The molecular weight excluding hydrogens is 292 g/mol. The van der Waals surface area contributed by atoms with Gasteiger partial charge in [0.1, 0.15) is 0 Å². The number of rotatable bonds is 3. The zero-order valence-corrected chi connectivity index (χ0v) is 12.1. The topological polar surface area (TPSA) is 26.7 Å². The van der Waals surface area contributed by atoms with Gasteiger partial charge in [0, 0.05) is 36.7 Å². The van der Waals surface area contributed by atoms with Gasteiger partial charge in [0.2, 0.25) is 0 Å². The molecule has 1 saturated carbocycles. The molecular formula is C14H19BrN2O. The van der Waals surface area contributed by atoms with Crippen molar-refractivity contribution in [2.45, 2.75) is 25.5 Å². The van der Waals surface area contributed by atoms with E-state index in [4.69, 9.17) is 5.11 Å². The van der Waals surface area contributed by atoms with Crippen LogP contribution in [0.3, 0.4) is 0 Å². The van der Waals surface area contributed by atoms with Crippen LogP contribution in [-0.2, 0) is 6.61 Å². The molecule has 1 heterocycles. The van der Waals surface area contributed by atoms with Crippen LogP contribution in [0.25, 0.3) is 0 Å². The van der Waals surface area contributed by atoms with E-state index in [2.05, 4.69) is 31.8 Å². The standard InChI is InChI=1S/C14H19BrN2O/c15-13-9-11(10-18)1-4-14(13)17-7-5-16(6-8-17)12-2-3-12/h1,4,9,12,18H,2-3,5-8,10H2. The van der Waals surface area contributed by atoms with Crippen LogP contribution in [-0.4, -0.2) is 42.2 Å². The molecule has 1 saturated heterocycles. The van der Waals surface area contributed by atoms with E-state index in [1.54, 1.807) is 0 Å². The summed E-state index contributed by atoms with van der Waals surface area (Å²) >= 11 is 3.61. The monoisotopic (exact) mass is 310 g/mol. The highest BCUT2D eigenvalue weighted by atomic mass is 79.9. The highest BCUT2D eigenvalue weighted by Gasteiger charge is 2.31. The van der Waals surface area contributed by atoms with Gasteiger partial charge in [-0.15, -0.1) is 0 Å². The number of nitrogens with zero attached hydrogens (tertiary/aromatic N) is 2. The van der Waals surface area contributed by atoms with Crippen molar-refractivity contribution in [3.63, 3.8) is 0 Å². The number of aliphatic hydroxyl groups is 1. The lowest BCUT2D eigenvalue weighted by molar-refractivity contribution is 0.248. The first-order valence-corrected chi connectivity index (χ1v) is 7.45. The molecule has 1 aromatic carbocycles. The molecule has 0 unspecified atom stereocenters. The smallest absolute Gasteiger partial charge is 0.0682 e. The normalized spacial score (nSPS) is 21.3. The Kier molecular flexibility index (Phi) is 3.59. The molecule has 3 rings (SSSR count). The van der Waals surface area contributed by atoms with Gasteiger partial charge in [-0.3, -0.25) is 4.90 Å². The summed E-state index contributed by atoms with van der Waals surface area (Å²) in [6.45, 7) is 4.67. The van der Waals surface area contributed by atoms with Crippen LogP contribution in [0.4, 0.5) is 5.69 Å². The number of hydrogen-bond donors (Lipinski definition) is 1. The maximum Gasteiger partial charge on any atom is 0.0682 e. The molecule has 1 aliphatic carbocycles. The van der Waals surface area contributed by atoms with E-state index < -0.39 is 0 Å². The number of anilines is 1. The summed E-state index contributed by atoms with van der Waals surface area (Å²) in [4.78, 5) is 5.05. The van der Waals surface area contributed by atoms with E-state index in [0.29, 0.717) is 0 Å². The van der Waals surface area contributed by atoms with E-state index in [9.17, 15) is 0 Å². The Labute approximate surface area is 117 Å². The largest absolute Gasteiger partial charge is 0.392 e. The highest BCUT2D eigenvalue weighted by Crippen LogP contribution is 2.31. The fourth-order valence-corrected chi connectivity index (χ4v) is 3.35. The molecule has 0 radical (unpaired) electrons. The molecule has 0 spiro atoms. The molecule has 3 nitrogen and oxygen atoms in total. The molecule has 2 fully saturated rings. The number of halogens is 1. The van der Waals surface area contributed by atoms with E-state index in [-0.39, 0.29) is 6.61 Å². The maximum absolute atomic E-state index is 9.12. The summed E-state index contributed by atoms with van der Waals surface area (Å²) in [6, 6.07) is 7.02. The Bertz CT molecular complexity index is 426. The zero-order chi connectivity index (χ0) is 12.5. The molecule has 2 aliphatic rings. The predicted molar refractivity (Wildman–Crippen MR) is 76.9 cm³/mol. The van der Waals surface area contributed by atoms with Gasteiger partial charge < -0.3 is 10.0 Å². The Morgan fingerprint density at radius 2 is 1.89 bits per heavy atom. The van der Waals surface area contributed by atoms with Crippen LogP contribution in [0, 0.1) is 0 Å². The van der Waals surface area contributed by atoms with Gasteiger partial charge in [-0.25, -0.2) is 0 Å². The van der Waals surface area contributed by atoms with E-state index >= 15 is 0 Å². The fraction of sp³-hybridized carbons (Fsp3) is 0.571. The molecule has 0 bridgehead atoms. The first kappa shape index (κ1) is 12.5. The van der Waals surface area contributed by atoms with Crippen molar-refractivity contribution >= 4 is 21.6 Å². The lowest BCUT2D eigenvalue weighted by atomic mass is 10.2. The van der Waals surface area contributed by atoms with Crippen LogP contribution >= 0.6 is 15.9 Å². The van der Waals surface area contributed by atoms with Crippen molar-refractivity contribution in [3.05, 3.63) is 28.2 Å². The van der Waals surface area contributed by atoms with Crippen molar-refractivity contribution < 1.29 is 5.11 Å². The van der Waals surface area contributed by atoms with Gasteiger partial charge >= 0.3 is 0 Å². The number of piperazine rings is 1. The fourth-order valence-electron chi connectivity index (χ4n) is 2.67. The average Bonchev–Trinajstić information content (AvgIpc) is 3.23. The quantitative estimate of drug-likeness (QED) is 0.927. The molecule has 1 aliphatic heterocycles. The molecule has 0 atom stereocenters. The van der Waals surface area contributed by atoms with Gasteiger partial charge in [0.15, 0.2) is 0 Å². The Morgan fingerprint density at radius 3 is 2.44 bits per heavy atom. The predicted octanol–water partition coefficient (Wildman–Crippen LogP) is 2.23. The summed E-state index contributed by atoms with van der Waals surface area (Å²) in [7, 11) is 0. The van der Waals surface area contributed by atoms with Crippen LogP contribution in [0.2, 0.25) is 0 Å². The van der Waals surface area contributed by atoms with Crippen molar-refractivity contribution in [3.8, 4) is 0 Å². The first-order valence-electron chi connectivity index (χ1n) is 6.66. The Balaban J connectivity index is 1.68. The maximum atomic E-state index is 9.12. The molecule has 4 heteroatoms. The molecule has 1 aromatic rings. The number of benzene rings is 1. The number of aliphatic hydroxyl groups excluding tert-OH is 1.